The van der Waals surface area contributed by atoms with E-state index in [-0.39, 0.29) is 0 Å². The Balaban J connectivity index is 1.58. The minimum Gasteiger partial charge on any atom is -0.390 e. The first-order valence-electron chi connectivity index (χ1n) is 9.90. The number of hydrogen-bond donors (Lipinski definition) is 1. The van der Waals surface area contributed by atoms with Crippen LogP contribution in [-0.4, -0.2) is 23.9 Å². The lowest BCUT2D eigenvalue weighted by atomic mass is 9.48. The Labute approximate surface area is 141 Å². The van der Waals surface area contributed by atoms with Crippen LogP contribution in [0.4, 0.5) is 0 Å². The lowest BCUT2D eigenvalue weighted by Gasteiger charge is -2.59. The Bertz CT molecular complexity index is 494. The molecule has 2 nitrogen and oxygen atoms in total. The van der Waals surface area contributed by atoms with Crippen molar-refractivity contribution >= 4 is 0 Å². The van der Waals surface area contributed by atoms with E-state index < -0.39 is 5.60 Å². The van der Waals surface area contributed by atoms with Crippen LogP contribution in [0.3, 0.4) is 0 Å². The fourth-order valence-electron chi connectivity index (χ4n) is 6.98. The Hall–Kier alpha value is -0.340. The van der Waals surface area contributed by atoms with E-state index in [9.17, 15) is 5.11 Å². The summed E-state index contributed by atoms with van der Waals surface area (Å²) >= 11 is 0. The van der Waals surface area contributed by atoms with Gasteiger partial charge >= 0.3 is 0 Å². The normalized spacial score (nSPS) is 55.0. The van der Waals surface area contributed by atoms with Gasteiger partial charge in [-0.1, -0.05) is 13.0 Å². The molecule has 23 heavy (non-hydrogen) atoms. The van der Waals surface area contributed by atoms with Crippen molar-refractivity contribution in [2.24, 2.45) is 35.0 Å². The zero-order chi connectivity index (χ0) is 16.2. The largest absolute Gasteiger partial charge is 0.390 e. The van der Waals surface area contributed by atoms with Gasteiger partial charge in [0.25, 0.3) is 0 Å². The molecule has 1 aliphatic heterocycles. The third-order valence-corrected chi connectivity index (χ3v) is 8.26. The van der Waals surface area contributed by atoms with Gasteiger partial charge in [-0.2, -0.15) is 0 Å². The van der Waals surface area contributed by atoms with E-state index in [0.717, 1.165) is 55.6 Å². The molecule has 0 aromatic heterocycles. The summed E-state index contributed by atoms with van der Waals surface area (Å²) in [6.07, 6.45) is 11.1. The third-order valence-electron chi connectivity index (χ3n) is 8.26. The van der Waals surface area contributed by atoms with Gasteiger partial charge in [0.05, 0.1) is 18.8 Å². The second-order valence-electron chi connectivity index (χ2n) is 9.46. The molecule has 4 fully saturated rings. The fourth-order valence-corrected chi connectivity index (χ4v) is 6.98. The summed E-state index contributed by atoms with van der Waals surface area (Å²) < 4.78 is 6.02. The Morgan fingerprint density at radius 3 is 2.61 bits per heavy atom. The molecule has 4 rings (SSSR count). The van der Waals surface area contributed by atoms with Crippen molar-refractivity contribution in [3.63, 3.8) is 0 Å². The molecule has 0 radical (unpaired) electrons. The van der Waals surface area contributed by atoms with Gasteiger partial charge < -0.3 is 9.84 Å². The number of aliphatic hydroxyl groups is 1. The molecule has 1 heterocycles. The average Bonchev–Trinajstić information content (AvgIpc) is 2.52. The van der Waals surface area contributed by atoms with Crippen molar-refractivity contribution in [3.8, 4) is 0 Å². The first-order valence-corrected chi connectivity index (χ1v) is 9.90. The number of hydrogen-bond acceptors (Lipinski definition) is 2. The van der Waals surface area contributed by atoms with Crippen molar-refractivity contribution < 1.29 is 9.84 Å². The molecule has 3 aliphatic carbocycles. The second-order valence-corrected chi connectivity index (χ2v) is 9.46. The van der Waals surface area contributed by atoms with E-state index in [1.54, 1.807) is 5.57 Å². The summed E-state index contributed by atoms with van der Waals surface area (Å²) in [6, 6.07) is 0. The van der Waals surface area contributed by atoms with Gasteiger partial charge in [-0.25, -0.2) is 0 Å². The molecular weight excluding hydrogens is 284 g/mol. The first kappa shape index (κ1) is 16.1. The Morgan fingerprint density at radius 2 is 1.83 bits per heavy atom. The van der Waals surface area contributed by atoms with Crippen LogP contribution in [0.25, 0.3) is 0 Å². The van der Waals surface area contributed by atoms with Crippen molar-refractivity contribution in [2.45, 2.75) is 71.3 Å². The summed E-state index contributed by atoms with van der Waals surface area (Å²) in [6.45, 7) is 8.60. The van der Waals surface area contributed by atoms with Crippen LogP contribution in [0.2, 0.25) is 0 Å². The van der Waals surface area contributed by atoms with E-state index in [4.69, 9.17) is 4.74 Å². The lowest BCUT2D eigenvalue weighted by molar-refractivity contribution is -0.122. The van der Waals surface area contributed by atoms with E-state index in [1.807, 2.05) is 0 Å². The van der Waals surface area contributed by atoms with Crippen molar-refractivity contribution in [2.75, 3.05) is 13.2 Å². The second kappa shape index (κ2) is 5.59. The molecule has 7 atom stereocenters. The van der Waals surface area contributed by atoms with E-state index >= 15 is 0 Å². The summed E-state index contributed by atoms with van der Waals surface area (Å²) in [7, 11) is 0. The monoisotopic (exact) mass is 318 g/mol. The molecule has 0 bridgehead atoms. The van der Waals surface area contributed by atoms with Gasteiger partial charge in [-0.15, -0.1) is 0 Å². The molecule has 0 aromatic carbocycles. The topological polar surface area (TPSA) is 29.5 Å². The van der Waals surface area contributed by atoms with Crippen LogP contribution in [0.15, 0.2) is 11.6 Å². The van der Waals surface area contributed by atoms with Gasteiger partial charge in [0.2, 0.25) is 0 Å². The van der Waals surface area contributed by atoms with Gasteiger partial charge in [0.15, 0.2) is 0 Å². The molecule has 0 spiro atoms. The average molecular weight is 319 g/mol. The lowest BCUT2D eigenvalue weighted by Crippen LogP contribution is -2.54. The minimum absolute atomic E-state index is 0.390. The van der Waals surface area contributed by atoms with Crippen molar-refractivity contribution in [1.29, 1.82) is 0 Å². The van der Waals surface area contributed by atoms with Gasteiger partial charge in [-0.3, -0.25) is 0 Å². The third kappa shape index (κ3) is 2.52. The van der Waals surface area contributed by atoms with Crippen LogP contribution in [0.1, 0.15) is 65.7 Å². The molecule has 0 amide bonds. The molecule has 0 aromatic rings. The van der Waals surface area contributed by atoms with Crippen LogP contribution in [0.5, 0.6) is 0 Å². The van der Waals surface area contributed by atoms with Crippen molar-refractivity contribution in [3.05, 3.63) is 11.6 Å². The molecule has 2 heteroatoms. The van der Waals surface area contributed by atoms with E-state index in [2.05, 4.69) is 26.8 Å². The predicted octanol–water partition coefficient (Wildman–Crippen LogP) is 4.57. The highest BCUT2D eigenvalue weighted by atomic mass is 16.5. The van der Waals surface area contributed by atoms with Crippen LogP contribution in [-0.2, 0) is 4.74 Å². The highest BCUT2D eigenvalue weighted by Gasteiger charge is 2.55. The zero-order valence-electron chi connectivity index (χ0n) is 15.2. The standard InChI is InChI=1S/C21H34O2/c1-4-15-12-23-13-19-18-6-5-14-11-20(2,22)9-7-16(14)17(18)8-10-21(15,19)3/h4,14,16-19,22H,5-13H2,1-3H3/b15-4-/t14?,16-,17+,18+,19-,20+,21?/m0/s1. The number of allylic oxidation sites excluding steroid dienone is 1. The maximum absolute atomic E-state index is 10.5. The van der Waals surface area contributed by atoms with Crippen LogP contribution in [0, 0.1) is 35.0 Å². The molecular formula is C21H34O2. The molecule has 130 valence electrons. The summed E-state index contributed by atoms with van der Waals surface area (Å²) in [5.74, 6) is 4.12. The molecule has 4 aliphatic rings. The molecule has 2 unspecified atom stereocenters. The summed E-state index contributed by atoms with van der Waals surface area (Å²) in [5.41, 5.74) is 1.55. The fraction of sp³-hybridized carbons (Fsp3) is 0.905. The quantitative estimate of drug-likeness (QED) is 0.663. The van der Waals surface area contributed by atoms with Crippen molar-refractivity contribution in [1.82, 2.24) is 0 Å². The molecule has 3 saturated carbocycles. The summed E-state index contributed by atoms with van der Waals surface area (Å²) in [4.78, 5) is 0. The Kier molecular flexibility index (Phi) is 3.93. The van der Waals surface area contributed by atoms with Crippen LogP contribution >= 0.6 is 0 Å². The van der Waals surface area contributed by atoms with E-state index in [0.29, 0.717) is 5.41 Å². The first-order chi connectivity index (χ1) is 10.9. The van der Waals surface area contributed by atoms with Gasteiger partial charge in [0.1, 0.15) is 0 Å². The highest BCUT2D eigenvalue weighted by molar-refractivity contribution is 5.20. The Morgan fingerprint density at radius 1 is 1.04 bits per heavy atom. The van der Waals surface area contributed by atoms with Crippen LogP contribution < -0.4 is 0 Å². The maximum atomic E-state index is 10.5. The summed E-state index contributed by atoms with van der Waals surface area (Å²) in [5, 5.41) is 10.5. The minimum atomic E-state index is -0.400. The molecule has 1 N–H and O–H groups in total. The smallest absolute Gasteiger partial charge is 0.0682 e. The SMILES string of the molecule is C/C=C1/COC[C@H]2[C@@H]3CCC4C[C@](C)(O)CC[C@@H]4[C@H]3CCC12C. The van der Waals surface area contributed by atoms with Gasteiger partial charge in [0, 0.05) is 0 Å². The number of ether oxygens (including phenoxy) is 1. The number of rotatable bonds is 0. The maximum Gasteiger partial charge on any atom is 0.0682 e. The predicted molar refractivity (Wildman–Crippen MR) is 93.1 cm³/mol. The van der Waals surface area contributed by atoms with Gasteiger partial charge in [-0.05, 0) is 99.4 Å². The molecule has 1 saturated heterocycles. The number of fused-ring (bicyclic) bond motifs is 5. The zero-order valence-corrected chi connectivity index (χ0v) is 15.2. The van der Waals surface area contributed by atoms with E-state index in [1.165, 1.54) is 32.1 Å². The highest BCUT2D eigenvalue weighted by Crippen LogP contribution is 2.61.